The molecular weight excluding hydrogens is 180 g/mol. The minimum Gasteiger partial charge on any atom is -0.457 e. The Bertz CT molecular complexity index is 432. The molecule has 0 bridgehead atoms. The zero-order chi connectivity index (χ0) is 10.3. The van der Waals surface area contributed by atoms with Crippen LogP contribution in [0.3, 0.4) is 0 Å². The van der Waals surface area contributed by atoms with Crippen LogP contribution < -0.4 is 0 Å². The van der Waals surface area contributed by atoms with Crippen molar-refractivity contribution in [1.29, 1.82) is 0 Å². The number of benzene rings is 1. The summed E-state index contributed by atoms with van der Waals surface area (Å²) in [7, 11) is 0. The summed E-state index contributed by atoms with van der Waals surface area (Å²) in [6.45, 7) is 3.66. The van der Waals surface area contributed by atoms with Gasteiger partial charge < -0.3 is 4.74 Å². The van der Waals surface area contributed by atoms with Crippen LogP contribution in [-0.2, 0) is 11.3 Å². The Morgan fingerprint density at radius 3 is 2.79 bits per heavy atom. The lowest BCUT2D eigenvalue weighted by Gasteiger charge is -2.04. The number of rotatable bonds is 1. The van der Waals surface area contributed by atoms with Crippen LogP contribution in [0.5, 0.6) is 0 Å². The molecule has 1 aromatic rings. The van der Waals surface area contributed by atoms with Crippen LogP contribution in [0.2, 0.25) is 0 Å². The van der Waals surface area contributed by atoms with Gasteiger partial charge in [0.15, 0.2) is 5.78 Å². The monoisotopic (exact) mass is 190 g/mol. The third-order valence-electron chi connectivity index (χ3n) is 2.55. The van der Waals surface area contributed by atoms with Crippen LogP contribution in [-0.4, -0.2) is 11.8 Å². The van der Waals surface area contributed by atoms with Crippen molar-refractivity contribution in [2.75, 3.05) is 0 Å². The van der Waals surface area contributed by atoms with E-state index in [1.165, 1.54) is 6.92 Å². The van der Waals surface area contributed by atoms with Crippen molar-refractivity contribution >= 4 is 11.8 Å². The molecule has 2 rings (SSSR count). The molecule has 0 amide bonds. The number of carbonyl (C=O) groups excluding carboxylic acids is 2. The molecule has 1 aliphatic heterocycles. The van der Waals surface area contributed by atoms with Crippen LogP contribution in [0.15, 0.2) is 12.1 Å². The van der Waals surface area contributed by atoms with Gasteiger partial charge in [-0.05, 0) is 25.5 Å². The van der Waals surface area contributed by atoms with Crippen LogP contribution >= 0.6 is 0 Å². The van der Waals surface area contributed by atoms with Crippen molar-refractivity contribution in [2.24, 2.45) is 0 Å². The number of Topliss-reactive ketones (excluding diaryl/α,β-unsaturated/α-hetero) is 1. The first-order chi connectivity index (χ1) is 6.61. The van der Waals surface area contributed by atoms with E-state index in [1.807, 2.05) is 6.92 Å². The second kappa shape index (κ2) is 2.94. The predicted molar refractivity (Wildman–Crippen MR) is 50.3 cm³/mol. The maximum Gasteiger partial charge on any atom is 0.338 e. The number of cyclic esters (lactones) is 1. The summed E-state index contributed by atoms with van der Waals surface area (Å²) in [4.78, 5) is 22.4. The highest BCUT2D eigenvalue weighted by Gasteiger charge is 2.24. The van der Waals surface area contributed by atoms with Gasteiger partial charge in [-0.3, -0.25) is 4.79 Å². The van der Waals surface area contributed by atoms with Gasteiger partial charge in [0.1, 0.15) is 6.61 Å². The zero-order valence-corrected chi connectivity index (χ0v) is 8.09. The van der Waals surface area contributed by atoms with E-state index in [9.17, 15) is 9.59 Å². The van der Waals surface area contributed by atoms with Crippen LogP contribution in [0.4, 0.5) is 0 Å². The normalized spacial score (nSPS) is 13.7. The fourth-order valence-corrected chi connectivity index (χ4v) is 1.73. The summed E-state index contributed by atoms with van der Waals surface area (Å²) in [5, 5.41) is 0. The molecule has 0 unspecified atom stereocenters. The van der Waals surface area contributed by atoms with Gasteiger partial charge in [0.05, 0.1) is 5.56 Å². The summed E-state index contributed by atoms with van der Waals surface area (Å²) in [5.41, 5.74) is 2.97. The van der Waals surface area contributed by atoms with Gasteiger partial charge in [-0.25, -0.2) is 4.79 Å². The number of ketones is 1. The maximum atomic E-state index is 11.2. The Kier molecular flexibility index (Phi) is 1.88. The van der Waals surface area contributed by atoms with Gasteiger partial charge in [0.25, 0.3) is 0 Å². The van der Waals surface area contributed by atoms with Gasteiger partial charge in [-0.2, -0.15) is 0 Å². The highest BCUT2D eigenvalue weighted by Crippen LogP contribution is 2.25. The summed E-state index contributed by atoms with van der Waals surface area (Å²) < 4.78 is 4.89. The van der Waals surface area contributed by atoms with Crippen molar-refractivity contribution < 1.29 is 14.3 Å². The molecule has 0 aromatic heterocycles. The Balaban J connectivity index is 2.64. The Morgan fingerprint density at radius 1 is 1.43 bits per heavy atom. The van der Waals surface area contributed by atoms with Gasteiger partial charge in [-0.1, -0.05) is 6.07 Å². The molecule has 1 heterocycles. The third-order valence-corrected chi connectivity index (χ3v) is 2.55. The topological polar surface area (TPSA) is 43.4 Å². The van der Waals surface area contributed by atoms with E-state index in [1.54, 1.807) is 12.1 Å². The molecule has 0 atom stereocenters. The zero-order valence-electron chi connectivity index (χ0n) is 8.09. The fraction of sp³-hybridized carbons (Fsp3) is 0.273. The largest absolute Gasteiger partial charge is 0.457 e. The smallest absolute Gasteiger partial charge is 0.338 e. The lowest BCUT2D eigenvalue weighted by atomic mass is 9.97. The number of ether oxygens (including phenoxy) is 1. The molecule has 0 spiro atoms. The Morgan fingerprint density at radius 2 is 2.14 bits per heavy atom. The van der Waals surface area contributed by atoms with Crippen molar-refractivity contribution in [1.82, 2.24) is 0 Å². The van der Waals surface area contributed by atoms with Crippen LogP contribution in [0.1, 0.15) is 38.8 Å². The molecule has 0 radical (unpaired) electrons. The predicted octanol–water partition coefficient (Wildman–Crippen LogP) is 1.87. The minimum atomic E-state index is -0.293. The summed E-state index contributed by atoms with van der Waals surface area (Å²) in [5.74, 6) is -0.275. The first kappa shape index (κ1) is 8.94. The first-order valence-corrected chi connectivity index (χ1v) is 4.42. The van der Waals surface area contributed by atoms with E-state index in [0.717, 1.165) is 11.1 Å². The maximum absolute atomic E-state index is 11.2. The van der Waals surface area contributed by atoms with Gasteiger partial charge in [0, 0.05) is 11.1 Å². The van der Waals surface area contributed by atoms with Crippen molar-refractivity contribution in [2.45, 2.75) is 20.5 Å². The van der Waals surface area contributed by atoms with Crippen LogP contribution in [0.25, 0.3) is 0 Å². The van der Waals surface area contributed by atoms with E-state index in [4.69, 9.17) is 4.74 Å². The number of carbonyl (C=O) groups is 2. The SMILES string of the molecule is CC(=O)c1ccc2c(c1C)COC2=O. The summed E-state index contributed by atoms with van der Waals surface area (Å²) >= 11 is 0. The molecule has 0 N–H and O–H groups in total. The molecule has 14 heavy (non-hydrogen) atoms. The highest BCUT2D eigenvalue weighted by atomic mass is 16.5. The van der Waals surface area contributed by atoms with E-state index >= 15 is 0 Å². The minimum absolute atomic E-state index is 0.0182. The standard InChI is InChI=1S/C11H10O3/c1-6-8(7(2)12)3-4-9-10(6)5-14-11(9)13/h3-4H,5H2,1-2H3. The molecule has 1 aromatic carbocycles. The molecule has 0 saturated heterocycles. The van der Waals surface area contributed by atoms with E-state index in [0.29, 0.717) is 17.7 Å². The number of esters is 1. The third kappa shape index (κ3) is 1.13. The van der Waals surface area contributed by atoms with E-state index in [-0.39, 0.29) is 11.8 Å². The second-order valence-corrected chi connectivity index (χ2v) is 3.40. The molecule has 3 heteroatoms. The molecule has 1 aliphatic rings. The molecule has 3 nitrogen and oxygen atoms in total. The van der Waals surface area contributed by atoms with Crippen molar-refractivity contribution in [3.8, 4) is 0 Å². The van der Waals surface area contributed by atoms with Gasteiger partial charge in [0.2, 0.25) is 0 Å². The number of fused-ring (bicyclic) bond motifs is 1. The average Bonchev–Trinajstić information content (AvgIpc) is 2.49. The number of hydrogen-bond acceptors (Lipinski definition) is 3. The quantitative estimate of drug-likeness (QED) is 0.501. The van der Waals surface area contributed by atoms with Gasteiger partial charge in [-0.15, -0.1) is 0 Å². The first-order valence-electron chi connectivity index (χ1n) is 4.42. The van der Waals surface area contributed by atoms with Gasteiger partial charge >= 0.3 is 5.97 Å². The van der Waals surface area contributed by atoms with E-state index < -0.39 is 0 Å². The second-order valence-electron chi connectivity index (χ2n) is 3.40. The lowest BCUT2D eigenvalue weighted by Crippen LogP contribution is -2.01. The molecule has 72 valence electrons. The Labute approximate surface area is 81.7 Å². The van der Waals surface area contributed by atoms with Crippen molar-refractivity contribution in [3.63, 3.8) is 0 Å². The molecular formula is C11H10O3. The number of hydrogen-bond donors (Lipinski definition) is 0. The summed E-state index contributed by atoms with van der Waals surface area (Å²) in [6.07, 6.45) is 0. The highest BCUT2D eigenvalue weighted by molar-refractivity contribution is 5.99. The average molecular weight is 190 g/mol. The lowest BCUT2D eigenvalue weighted by molar-refractivity contribution is 0.0535. The van der Waals surface area contributed by atoms with Crippen molar-refractivity contribution in [3.05, 3.63) is 34.4 Å². The molecule has 0 saturated carbocycles. The van der Waals surface area contributed by atoms with Crippen LogP contribution in [0, 0.1) is 6.92 Å². The fourth-order valence-electron chi connectivity index (χ4n) is 1.73. The Hall–Kier alpha value is -1.64. The molecule has 0 aliphatic carbocycles. The van der Waals surface area contributed by atoms with E-state index in [2.05, 4.69) is 0 Å². The molecule has 0 fully saturated rings. The summed E-state index contributed by atoms with van der Waals surface area (Å²) in [6, 6.07) is 3.34.